The summed E-state index contributed by atoms with van der Waals surface area (Å²) >= 11 is 0. The van der Waals surface area contributed by atoms with Gasteiger partial charge in [0.1, 0.15) is 0 Å². The molecule has 1 fully saturated rings. The van der Waals surface area contributed by atoms with Crippen LogP contribution in [0.1, 0.15) is 12.0 Å². The number of nitrogens with zero attached hydrogens (tertiary/aromatic N) is 3. The van der Waals surface area contributed by atoms with Gasteiger partial charge in [0, 0.05) is 31.6 Å². The molecule has 1 aliphatic heterocycles. The van der Waals surface area contributed by atoms with E-state index in [9.17, 15) is 4.79 Å². The van der Waals surface area contributed by atoms with Crippen molar-refractivity contribution in [3.8, 4) is 5.88 Å². The van der Waals surface area contributed by atoms with Crippen LogP contribution in [0.3, 0.4) is 0 Å². The third-order valence-corrected chi connectivity index (χ3v) is 4.65. The maximum absolute atomic E-state index is 12.3. The summed E-state index contributed by atoms with van der Waals surface area (Å²) in [6.45, 7) is 2.11. The first-order valence-corrected chi connectivity index (χ1v) is 8.97. The van der Waals surface area contributed by atoms with Crippen molar-refractivity contribution in [3.05, 3.63) is 54.2 Å². The number of hydrogen-bond acceptors (Lipinski definition) is 4. The van der Waals surface area contributed by atoms with Gasteiger partial charge in [0.25, 0.3) is 0 Å². The van der Waals surface area contributed by atoms with Crippen LogP contribution in [-0.2, 0) is 6.42 Å². The molecule has 3 rings (SSSR count). The van der Waals surface area contributed by atoms with Gasteiger partial charge in [0.2, 0.25) is 5.88 Å². The highest BCUT2D eigenvalue weighted by Crippen LogP contribution is 2.16. The molecule has 2 amide bonds. The number of nitrogens with one attached hydrogen (secondary N) is 1. The molecule has 1 N–H and O–H groups in total. The van der Waals surface area contributed by atoms with Crippen molar-refractivity contribution in [1.29, 1.82) is 0 Å². The lowest BCUT2D eigenvalue weighted by molar-refractivity contribution is 0.216. The summed E-state index contributed by atoms with van der Waals surface area (Å²) in [5, 5.41) is 2.90. The predicted octanol–water partition coefficient (Wildman–Crippen LogP) is 2.87. The summed E-state index contributed by atoms with van der Waals surface area (Å²) in [5.74, 6) is 0.563. The normalized spacial score (nSPS) is 16.7. The van der Waals surface area contributed by atoms with Crippen molar-refractivity contribution in [3.63, 3.8) is 0 Å². The molecule has 0 spiro atoms. The summed E-state index contributed by atoms with van der Waals surface area (Å²) in [4.78, 5) is 20.6. The number of amides is 2. The summed E-state index contributed by atoms with van der Waals surface area (Å²) in [6, 6.07) is 14.2. The molecule has 138 valence electrons. The Morgan fingerprint density at radius 3 is 2.73 bits per heavy atom. The molecular formula is C20H26N4O2. The number of carbonyl (C=O) groups is 1. The topological polar surface area (TPSA) is 57.7 Å². The summed E-state index contributed by atoms with van der Waals surface area (Å²) in [7, 11) is 4.10. The monoisotopic (exact) mass is 354 g/mol. The van der Waals surface area contributed by atoms with Gasteiger partial charge in [-0.15, -0.1) is 0 Å². The number of benzene rings is 1. The van der Waals surface area contributed by atoms with E-state index in [2.05, 4.69) is 27.3 Å². The van der Waals surface area contributed by atoms with Gasteiger partial charge in [-0.25, -0.2) is 9.78 Å². The van der Waals surface area contributed by atoms with E-state index in [-0.39, 0.29) is 6.03 Å². The largest absolute Gasteiger partial charge is 0.477 e. The van der Waals surface area contributed by atoms with Gasteiger partial charge in [-0.05, 0) is 32.1 Å². The number of urea groups is 1. The minimum Gasteiger partial charge on any atom is -0.477 e. The number of ether oxygens (including phenoxy) is 1. The Morgan fingerprint density at radius 1 is 1.27 bits per heavy atom. The van der Waals surface area contributed by atoms with Crippen molar-refractivity contribution in [1.82, 2.24) is 14.8 Å². The fraction of sp³-hybridized carbons (Fsp3) is 0.400. The number of hydrogen-bond donors (Lipinski definition) is 1. The van der Waals surface area contributed by atoms with Gasteiger partial charge >= 0.3 is 6.03 Å². The Morgan fingerprint density at radius 2 is 2.08 bits per heavy atom. The number of aromatic nitrogens is 1. The highest BCUT2D eigenvalue weighted by Gasteiger charge is 2.27. The molecule has 1 aromatic heterocycles. The molecule has 0 radical (unpaired) electrons. The lowest BCUT2D eigenvalue weighted by Gasteiger charge is -2.20. The first kappa shape index (κ1) is 18.2. The van der Waals surface area contributed by atoms with Crippen LogP contribution < -0.4 is 10.1 Å². The smallest absolute Gasteiger partial charge is 0.321 e. The van der Waals surface area contributed by atoms with Gasteiger partial charge in [-0.2, -0.15) is 0 Å². The lowest BCUT2D eigenvalue weighted by atomic mass is 10.2. The zero-order valence-electron chi connectivity index (χ0n) is 15.4. The van der Waals surface area contributed by atoms with E-state index < -0.39 is 0 Å². The predicted molar refractivity (Wildman–Crippen MR) is 103 cm³/mol. The maximum atomic E-state index is 12.3. The molecule has 0 saturated carbocycles. The Kier molecular flexibility index (Phi) is 6.07. The Balaban J connectivity index is 1.45. The fourth-order valence-electron chi connectivity index (χ4n) is 3.01. The first-order chi connectivity index (χ1) is 12.6. The Labute approximate surface area is 154 Å². The number of likely N-dealkylation sites (N-methyl/N-ethyl adjacent to an activating group) is 1. The number of likely N-dealkylation sites (tertiary alicyclic amines) is 1. The quantitative estimate of drug-likeness (QED) is 0.867. The molecule has 1 aliphatic rings. The van der Waals surface area contributed by atoms with Crippen molar-refractivity contribution in [2.75, 3.05) is 39.1 Å². The van der Waals surface area contributed by atoms with Crippen molar-refractivity contribution in [2.45, 2.75) is 18.9 Å². The molecule has 1 atom stereocenters. The van der Waals surface area contributed by atoms with E-state index in [1.807, 2.05) is 43.3 Å². The molecule has 2 heterocycles. The average Bonchev–Trinajstić information content (AvgIpc) is 3.15. The van der Waals surface area contributed by atoms with Gasteiger partial charge in [0.05, 0.1) is 18.5 Å². The van der Waals surface area contributed by atoms with Crippen LogP contribution in [0.25, 0.3) is 0 Å². The molecule has 1 aromatic carbocycles. The van der Waals surface area contributed by atoms with Crippen LogP contribution in [-0.4, -0.2) is 60.6 Å². The fourth-order valence-corrected chi connectivity index (χ4v) is 3.01. The molecule has 2 aromatic rings. The summed E-state index contributed by atoms with van der Waals surface area (Å²) in [5.41, 5.74) is 1.91. The minimum atomic E-state index is -0.0751. The van der Waals surface area contributed by atoms with Crippen molar-refractivity contribution >= 4 is 11.7 Å². The van der Waals surface area contributed by atoms with Crippen LogP contribution in [0, 0.1) is 0 Å². The lowest BCUT2D eigenvalue weighted by Crippen LogP contribution is -2.36. The van der Waals surface area contributed by atoms with Crippen LogP contribution in [0.4, 0.5) is 10.5 Å². The first-order valence-electron chi connectivity index (χ1n) is 8.97. The van der Waals surface area contributed by atoms with Crippen LogP contribution in [0.5, 0.6) is 5.88 Å². The highest BCUT2D eigenvalue weighted by molar-refractivity contribution is 5.89. The zero-order chi connectivity index (χ0) is 18.4. The second kappa shape index (κ2) is 8.67. The average molecular weight is 354 g/mol. The van der Waals surface area contributed by atoms with E-state index in [1.54, 1.807) is 12.3 Å². The minimum absolute atomic E-state index is 0.0751. The SMILES string of the molecule is CN(C)C1CCN(C(=O)Nc2ccc(OCCc3ccccc3)nc2)C1. The van der Waals surface area contributed by atoms with Gasteiger partial charge in [-0.1, -0.05) is 30.3 Å². The van der Waals surface area contributed by atoms with Crippen LogP contribution in [0.15, 0.2) is 48.7 Å². The summed E-state index contributed by atoms with van der Waals surface area (Å²) < 4.78 is 5.67. The third-order valence-electron chi connectivity index (χ3n) is 4.65. The number of carbonyl (C=O) groups excluding carboxylic acids is 1. The Bertz CT molecular complexity index is 704. The Hall–Kier alpha value is -2.60. The number of anilines is 1. The summed E-state index contributed by atoms with van der Waals surface area (Å²) in [6.07, 6.45) is 3.48. The molecule has 1 unspecified atom stereocenters. The standard InChI is InChI=1S/C20H26N4O2/c1-23(2)18-10-12-24(15-18)20(25)22-17-8-9-19(21-14-17)26-13-11-16-6-4-3-5-7-16/h3-9,14,18H,10-13,15H2,1-2H3,(H,22,25). The van der Waals surface area contributed by atoms with Crippen molar-refractivity contribution in [2.24, 2.45) is 0 Å². The van der Waals surface area contributed by atoms with Crippen LogP contribution >= 0.6 is 0 Å². The zero-order valence-corrected chi connectivity index (χ0v) is 15.4. The molecule has 0 aliphatic carbocycles. The molecule has 1 saturated heterocycles. The van der Waals surface area contributed by atoms with E-state index >= 15 is 0 Å². The highest BCUT2D eigenvalue weighted by atomic mass is 16.5. The van der Waals surface area contributed by atoms with Crippen LogP contribution in [0.2, 0.25) is 0 Å². The number of pyridine rings is 1. The number of rotatable bonds is 6. The molecule has 26 heavy (non-hydrogen) atoms. The molecule has 6 nitrogen and oxygen atoms in total. The van der Waals surface area contributed by atoms with E-state index in [1.165, 1.54) is 5.56 Å². The maximum Gasteiger partial charge on any atom is 0.321 e. The van der Waals surface area contributed by atoms with E-state index in [4.69, 9.17) is 4.74 Å². The molecule has 0 bridgehead atoms. The van der Waals surface area contributed by atoms with Gasteiger partial charge in [-0.3, -0.25) is 0 Å². The molecular weight excluding hydrogens is 328 g/mol. The van der Waals surface area contributed by atoms with E-state index in [0.29, 0.717) is 24.2 Å². The third kappa shape index (κ3) is 4.95. The molecule has 6 heteroatoms. The van der Waals surface area contributed by atoms with Gasteiger partial charge < -0.3 is 19.9 Å². The van der Waals surface area contributed by atoms with Gasteiger partial charge in [0.15, 0.2) is 0 Å². The second-order valence-corrected chi connectivity index (χ2v) is 6.75. The van der Waals surface area contributed by atoms with Crippen molar-refractivity contribution < 1.29 is 9.53 Å². The second-order valence-electron chi connectivity index (χ2n) is 6.75. The van der Waals surface area contributed by atoms with E-state index in [0.717, 1.165) is 25.9 Å².